The monoisotopic (exact) mass is 339 g/mol. The molecule has 1 heterocycles. The minimum Gasteiger partial charge on any atom is -0.497 e. The fourth-order valence-corrected chi connectivity index (χ4v) is 3.03. The van der Waals surface area contributed by atoms with Crippen LogP contribution in [0.15, 0.2) is 33.9 Å². The number of hydrogen-bond acceptors (Lipinski definition) is 5. The van der Waals surface area contributed by atoms with Crippen LogP contribution in [-0.2, 0) is 5.75 Å². The van der Waals surface area contributed by atoms with Crippen LogP contribution in [-0.4, -0.2) is 17.1 Å². The van der Waals surface area contributed by atoms with Gasteiger partial charge in [0.1, 0.15) is 11.6 Å². The number of hydrogen-bond donors (Lipinski definition) is 1. The Labute approximate surface area is 124 Å². The van der Waals surface area contributed by atoms with E-state index in [-0.39, 0.29) is 0 Å². The average molecular weight is 340 g/mol. The van der Waals surface area contributed by atoms with E-state index in [1.807, 2.05) is 25.1 Å². The maximum atomic E-state index is 5.71. The number of rotatable bonds is 4. The van der Waals surface area contributed by atoms with Gasteiger partial charge in [-0.2, -0.15) is 0 Å². The summed E-state index contributed by atoms with van der Waals surface area (Å²) < 4.78 is 6.26. The number of ether oxygens (including phenoxy) is 1. The maximum absolute atomic E-state index is 5.71. The van der Waals surface area contributed by atoms with Crippen LogP contribution in [0.25, 0.3) is 0 Å². The number of nitrogen functional groups attached to an aromatic ring is 1. The van der Waals surface area contributed by atoms with Crippen LogP contribution < -0.4 is 10.5 Å². The van der Waals surface area contributed by atoms with Gasteiger partial charge in [0.25, 0.3) is 0 Å². The van der Waals surface area contributed by atoms with Gasteiger partial charge in [0, 0.05) is 22.0 Å². The van der Waals surface area contributed by atoms with E-state index >= 15 is 0 Å². The molecule has 0 fully saturated rings. The number of methoxy groups -OCH3 is 1. The maximum Gasteiger partial charge on any atom is 0.190 e. The highest BCUT2D eigenvalue weighted by molar-refractivity contribution is 9.10. The number of anilines is 1. The first-order valence-electron chi connectivity index (χ1n) is 5.65. The second-order valence-electron chi connectivity index (χ2n) is 3.96. The lowest BCUT2D eigenvalue weighted by Crippen LogP contribution is -1.97. The quantitative estimate of drug-likeness (QED) is 0.682. The molecule has 0 amide bonds. The number of thioether (sulfide) groups is 1. The molecule has 2 rings (SSSR count). The Morgan fingerprint density at radius 3 is 2.79 bits per heavy atom. The van der Waals surface area contributed by atoms with Crippen molar-refractivity contribution >= 4 is 33.5 Å². The highest BCUT2D eigenvalue weighted by atomic mass is 79.9. The van der Waals surface area contributed by atoms with Crippen molar-refractivity contribution in [2.75, 3.05) is 12.8 Å². The number of halogens is 1. The molecule has 0 saturated heterocycles. The Morgan fingerprint density at radius 2 is 2.11 bits per heavy atom. The summed E-state index contributed by atoms with van der Waals surface area (Å²) in [7, 11) is 1.66. The highest BCUT2D eigenvalue weighted by Gasteiger charge is 2.06. The summed E-state index contributed by atoms with van der Waals surface area (Å²) in [5.74, 6) is 2.09. The Bertz CT molecular complexity index is 572. The van der Waals surface area contributed by atoms with Gasteiger partial charge in [-0.3, -0.25) is 0 Å². The predicted octanol–water partition coefficient (Wildman–Crippen LogP) is 3.43. The van der Waals surface area contributed by atoms with Crippen LogP contribution in [0.2, 0.25) is 0 Å². The van der Waals surface area contributed by atoms with Crippen molar-refractivity contribution in [3.05, 3.63) is 40.0 Å². The smallest absolute Gasteiger partial charge is 0.190 e. The Kier molecular flexibility index (Phi) is 4.66. The fraction of sp³-hybridized carbons (Fsp3) is 0.231. The van der Waals surface area contributed by atoms with E-state index in [9.17, 15) is 0 Å². The summed E-state index contributed by atoms with van der Waals surface area (Å²) in [4.78, 5) is 8.55. The van der Waals surface area contributed by atoms with Crippen molar-refractivity contribution in [3.8, 4) is 5.75 Å². The lowest BCUT2D eigenvalue weighted by molar-refractivity contribution is 0.414. The number of nitrogens with two attached hydrogens (primary N) is 1. The zero-order valence-electron chi connectivity index (χ0n) is 10.7. The van der Waals surface area contributed by atoms with Gasteiger partial charge in [-0.05, 0) is 30.7 Å². The van der Waals surface area contributed by atoms with Crippen LogP contribution in [0.1, 0.15) is 11.3 Å². The van der Waals surface area contributed by atoms with Gasteiger partial charge in [-0.25, -0.2) is 9.97 Å². The molecular formula is C13H14BrN3OS. The van der Waals surface area contributed by atoms with E-state index in [0.717, 1.165) is 27.2 Å². The molecule has 19 heavy (non-hydrogen) atoms. The van der Waals surface area contributed by atoms with E-state index in [1.165, 1.54) is 0 Å². The summed E-state index contributed by atoms with van der Waals surface area (Å²) in [6.07, 6.45) is 0. The van der Waals surface area contributed by atoms with Crippen molar-refractivity contribution in [1.29, 1.82) is 0 Å². The summed E-state index contributed by atoms with van der Waals surface area (Å²) in [5.41, 5.74) is 7.72. The molecule has 0 aliphatic heterocycles. The molecular weight excluding hydrogens is 326 g/mol. The van der Waals surface area contributed by atoms with Crippen molar-refractivity contribution < 1.29 is 4.74 Å². The lowest BCUT2D eigenvalue weighted by atomic mass is 10.2. The summed E-state index contributed by atoms with van der Waals surface area (Å²) in [5, 5.41) is 0.687. The topological polar surface area (TPSA) is 61.0 Å². The molecule has 0 unspecified atom stereocenters. The third kappa shape index (κ3) is 3.84. The number of nitrogens with zero attached hydrogens (tertiary/aromatic N) is 2. The van der Waals surface area contributed by atoms with E-state index in [4.69, 9.17) is 10.5 Å². The number of aryl methyl sites for hydroxylation is 1. The third-order valence-corrected chi connectivity index (χ3v) is 4.13. The van der Waals surface area contributed by atoms with Gasteiger partial charge >= 0.3 is 0 Å². The zero-order chi connectivity index (χ0) is 13.8. The van der Waals surface area contributed by atoms with Crippen LogP contribution in [0.4, 0.5) is 5.82 Å². The normalized spacial score (nSPS) is 10.5. The lowest BCUT2D eigenvalue weighted by Gasteiger charge is -2.07. The molecule has 2 aromatic rings. The van der Waals surface area contributed by atoms with Crippen molar-refractivity contribution in [3.63, 3.8) is 0 Å². The van der Waals surface area contributed by atoms with Crippen LogP contribution in [0, 0.1) is 6.92 Å². The van der Waals surface area contributed by atoms with E-state index in [2.05, 4.69) is 25.9 Å². The molecule has 0 bridgehead atoms. The molecule has 1 aromatic heterocycles. The first-order chi connectivity index (χ1) is 9.08. The molecule has 0 aliphatic carbocycles. The molecule has 2 N–H and O–H groups in total. The van der Waals surface area contributed by atoms with Crippen LogP contribution >= 0.6 is 27.7 Å². The standard InChI is InChI=1S/C13H14BrN3OS/c1-8-5-12(15)17-13(16-8)19-7-9-6-10(18-2)3-4-11(9)14/h3-6H,7H2,1-2H3,(H2,15,16,17). The highest BCUT2D eigenvalue weighted by Crippen LogP contribution is 2.28. The fourth-order valence-electron chi connectivity index (χ4n) is 1.56. The molecule has 4 nitrogen and oxygen atoms in total. The number of benzene rings is 1. The molecule has 0 saturated carbocycles. The molecule has 6 heteroatoms. The van der Waals surface area contributed by atoms with Gasteiger partial charge in [0.05, 0.1) is 7.11 Å². The second kappa shape index (κ2) is 6.25. The van der Waals surface area contributed by atoms with E-state index < -0.39 is 0 Å². The molecule has 0 aliphatic rings. The number of aromatic nitrogens is 2. The first-order valence-corrected chi connectivity index (χ1v) is 7.42. The molecule has 1 aromatic carbocycles. The van der Waals surface area contributed by atoms with Crippen molar-refractivity contribution in [2.24, 2.45) is 0 Å². The summed E-state index contributed by atoms with van der Waals surface area (Å²) >= 11 is 5.08. The minimum absolute atomic E-state index is 0.500. The van der Waals surface area contributed by atoms with Gasteiger partial charge < -0.3 is 10.5 Å². The third-order valence-electron chi connectivity index (χ3n) is 2.46. The van der Waals surface area contributed by atoms with E-state index in [0.29, 0.717) is 11.0 Å². The molecule has 0 radical (unpaired) electrons. The molecule has 100 valence electrons. The van der Waals surface area contributed by atoms with Gasteiger partial charge in [0.2, 0.25) is 0 Å². The Balaban J connectivity index is 2.13. The van der Waals surface area contributed by atoms with Gasteiger partial charge in [-0.15, -0.1) is 0 Å². The Morgan fingerprint density at radius 1 is 1.32 bits per heavy atom. The largest absolute Gasteiger partial charge is 0.497 e. The van der Waals surface area contributed by atoms with Crippen LogP contribution in [0.5, 0.6) is 5.75 Å². The predicted molar refractivity (Wildman–Crippen MR) is 81.4 cm³/mol. The zero-order valence-corrected chi connectivity index (χ0v) is 13.1. The summed E-state index contributed by atoms with van der Waals surface area (Å²) in [6, 6.07) is 7.64. The summed E-state index contributed by atoms with van der Waals surface area (Å²) in [6.45, 7) is 1.91. The molecule has 0 spiro atoms. The van der Waals surface area contributed by atoms with Gasteiger partial charge in [0.15, 0.2) is 5.16 Å². The first kappa shape index (κ1) is 14.1. The van der Waals surface area contributed by atoms with E-state index in [1.54, 1.807) is 24.9 Å². The average Bonchev–Trinajstić information content (AvgIpc) is 2.37. The van der Waals surface area contributed by atoms with Crippen molar-refractivity contribution in [2.45, 2.75) is 17.8 Å². The Hall–Kier alpha value is -1.27. The molecule has 0 atom stereocenters. The SMILES string of the molecule is COc1ccc(Br)c(CSc2nc(C)cc(N)n2)c1. The second-order valence-corrected chi connectivity index (χ2v) is 5.76. The van der Waals surface area contributed by atoms with Gasteiger partial charge in [-0.1, -0.05) is 27.7 Å². The van der Waals surface area contributed by atoms with Crippen molar-refractivity contribution in [1.82, 2.24) is 9.97 Å². The minimum atomic E-state index is 0.500. The van der Waals surface area contributed by atoms with Crippen LogP contribution in [0.3, 0.4) is 0 Å².